The number of nitrogens with zero attached hydrogens (tertiary/aromatic N) is 1. The lowest BCUT2D eigenvalue weighted by Crippen LogP contribution is -2.20. The fourth-order valence-corrected chi connectivity index (χ4v) is 1.54. The van der Waals surface area contributed by atoms with E-state index in [2.05, 4.69) is 16.9 Å². The maximum absolute atomic E-state index is 11.1. The molecule has 0 saturated carbocycles. The monoisotopic (exact) mass is 242 g/mol. The minimum Gasteiger partial charge on any atom is -0.441 e. The number of carbonyl (C=O) groups excluding carboxylic acids is 1. The van der Waals surface area contributed by atoms with Crippen LogP contribution >= 0.6 is 0 Å². The smallest absolute Gasteiger partial charge is 0.243 e. The zero-order valence-electron chi connectivity index (χ0n) is 10.1. The Morgan fingerprint density at radius 1 is 1.44 bits per heavy atom. The molecule has 0 spiro atoms. The number of hydrogen-bond acceptors (Lipinski definition) is 3. The number of amides is 1. The van der Waals surface area contributed by atoms with Crippen LogP contribution in [0.5, 0.6) is 0 Å². The number of carbonyl (C=O) groups is 1. The number of oxazole rings is 1. The highest BCUT2D eigenvalue weighted by atomic mass is 16.4. The van der Waals surface area contributed by atoms with Gasteiger partial charge in [0.25, 0.3) is 0 Å². The van der Waals surface area contributed by atoms with Gasteiger partial charge in [-0.15, -0.1) is 0 Å². The molecule has 0 radical (unpaired) electrons. The van der Waals surface area contributed by atoms with Crippen LogP contribution < -0.4 is 5.32 Å². The predicted molar refractivity (Wildman–Crippen MR) is 68.7 cm³/mol. The zero-order chi connectivity index (χ0) is 13.0. The first-order valence-corrected chi connectivity index (χ1v) is 5.62. The quantitative estimate of drug-likeness (QED) is 0.838. The fraction of sp³-hybridized carbons (Fsp3) is 0.143. The van der Waals surface area contributed by atoms with Crippen molar-refractivity contribution in [2.75, 3.05) is 0 Å². The van der Waals surface area contributed by atoms with Gasteiger partial charge in [-0.05, 0) is 25.1 Å². The number of hydrogen-bond donors (Lipinski definition) is 1. The first-order chi connectivity index (χ1) is 8.70. The van der Waals surface area contributed by atoms with Crippen LogP contribution in [0.1, 0.15) is 11.5 Å². The van der Waals surface area contributed by atoms with Gasteiger partial charge >= 0.3 is 0 Å². The predicted octanol–water partition coefficient (Wildman–Crippen LogP) is 2.45. The molecule has 1 amide bonds. The number of benzene rings is 1. The third-order valence-electron chi connectivity index (χ3n) is 2.53. The van der Waals surface area contributed by atoms with Crippen LogP contribution in [0.3, 0.4) is 0 Å². The normalized spacial score (nSPS) is 10.1. The van der Waals surface area contributed by atoms with Gasteiger partial charge in [-0.2, -0.15) is 0 Å². The van der Waals surface area contributed by atoms with Gasteiger partial charge in [-0.3, -0.25) is 4.79 Å². The van der Waals surface area contributed by atoms with E-state index in [0.29, 0.717) is 18.2 Å². The molecule has 92 valence electrons. The molecule has 1 N–H and O–H groups in total. The summed E-state index contributed by atoms with van der Waals surface area (Å²) in [4.78, 5) is 15.5. The van der Waals surface area contributed by atoms with E-state index in [1.807, 2.05) is 37.3 Å². The summed E-state index contributed by atoms with van der Waals surface area (Å²) in [5, 5.41) is 2.67. The second kappa shape index (κ2) is 5.31. The molecule has 1 aromatic carbocycles. The average molecular weight is 242 g/mol. The lowest BCUT2D eigenvalue weighted by molar-refractivity contribution is -0.116. The fourth-order valence-electron chi connectivity index (χ4n) is 1.54. The van der Waals surface area contributed by atoms with Gasteiger partial charge in [-0.1, -0.05) is 24.8 Å². The van der Waals surface area contributed by atoms with Gasteiger partial charge in [0.15, 0.2) is 0 Å². The van der Waals surface area contributed by atoms with E-state index in [0.717, 1.165) is 11.3 Å². The molecule has 2 rings (SSSR count). The topological polar surface area (TPSA) is 55.1 Å². The van der Waals surface area contributed by atoms with E-state index in [-0.39, 0.29) is 5.91 Å². The highest BCUT2D eigenvalue weighted by Crippen LogP contribution is 2.21. The number of nitrogens with one attached hydrogen (secondary N) is 1. The molecular weight excluding hydrogens is 228 g/mol. The summed E-state index contributed by atoms with van der Waals surface area (Å²) in [6.45, 7) is 5.56. The van der Waals surface area contributed by atoms with Gasteiger partial charge in [0.1, 0.15) is 11.5 Å². The SMILES string of the molecule is C=CC(=O)NCc1nc(-c2ccccc2)oc1C. The highest BCUT2D eigenvalue weighted by Gasteiger charge is 2.11. The Balaban J connectivity index is 2.17. The Morgan fingerprint density at radius 2 is 2.17 bits per heavy atom. The zero-order valence-corrected chi connectivity index (χ0v) is 10.1. The number of aromatic nitrogens is 1. The number of aryl methyl sites for hydroxylation is 1. The largest absolute Gasteiger partial charge is 0.441 e. The first-order valence-electron chi connectivity index (χ1n) is 5.62. The van der Waals surface area contributed by atoms with Crippen molar-refractivity contribution >= 4 is 5.91 Å². The summed E-state index contributed by atoms with van der Waals surface area (Å²) in [6, 6.07) is 9.64. The van der Waals surface area contributed by atoms with Gasteiger partial charge in [-0.25, -0.2) is 4.98 Å². The summed E-state index contributed by atoms with van der Waals surface area (Å²) in [5.74, 6) is 1.05. The molecule has 4 nitrogen and oxygen atoms in total. The minimum atomic E-state index is -0.223. The van der Waals surface area contributed by atoms with E-state index >= 15 is 0 Å². The van der Waals surface area contributed by atoms with E-state index < -0.39 is 0 Å². The summed E-state index contributed by atoms with van der Waals surface area (Å²) in [7, 11) is 0. The summed E-state index contributed by atoms with van der Waals surface area (Å²) in [5.41, 5.74) is 1.64. The van der Waals surface area contributed by atoms with Crippen molar-refractivity contribution in [2.24, 2.45) is 0 Å². The minimum absolute atomic E-state index is 0.223. The van der Waals surface area contributed by atoms with Crippen LogP contribution in [0, 0.1) is 6.92 Å². The lowest BCUT2D eigenvalue weighted by atomic mass is 10.2. The van der Waals surface area contributed by atoms with Crippen LogP contribution in [0.15, 0.2) is 47.4 Å². The van der Waals surface area contributed by atoms with Crippen molar-refractivity contribution in [1.29, 1.82) is 0 Å². The Kier molecular flexibility index (Phi) is 3.57. The summed E-state index contributed by atoms with van der Waals surface area (Å²) >= 11 is 0. The van der Waals surface area contributed by atoms with Crippen LogP contribution in [0.25, 0.3) is 11.5 Å². The molecule has 1 heterocycles. The van der Waals surface area contributed by atoms with Crippen LogP contribution in [-0.2, 0) is 11.3 Å². The molecule has 0 saturated heterocycles. The Morgan fingerprint density at radius 3 is 2.83 bits per heavy atom. The molecule has 0 fully saturated rings. The maximum Gasteiger partial charge on any atom is 0.243 e. The standard InChI is InChI=1S/C14H14N2O2/c1-3-13(17)15-9-12-10(2)18-14(16-12)11-7-5-4-6-8-11/h3-8H,1,9H2,2H3,(H,15,17). The van der Waals surface area contributed by atoms with E-state index in [9.17, 15) is 4.79 Å². The van der Waals surface area contributed by atoms with Crippen LogP contribution in [-0.4, -0.2) is 10.9 Å². The second-order valence-corrected chi connectivity index (χ2v) is 3.81. The lowest BCUT2D eigenvalue weighted by Gasteiger charge is -1.97. The van der Waals surface area contributed by atoms with Crippen molar-refractivity contribution in [2.45, 2.75) is 13.5 Å². The highest BCUT2D eigenvalue weighted by molar-refractivity contribution is 5.86. The van der Waals surface area contributed by atoms with Gasteiger partial charge in [0.05, 0.1) is 6.54 Å². The molecule has 18 heavy (non-hydrogen) atoms. The van der Waals surface area contributed by atoms with Crippen molar-refractivity contribution in [3.63, 3.8) is 0 Å². The molecule has 1 aromatic heterocycles. The Bertz CT molecular complexity index is 558. The second-order valence-electron chi connectivity index (χ2n) is 3.81. The summed E-state index contributed by atoms with van der Waals surface area (Å²) in [6.07, 6.45) is 1.23. The Labute approximate surface area is 105 Å². The van der Waals surface area contributed by atoms with Crippen molar-refractivity contribution in [3.05, 3.63) is 54.4 Å². The van der Waals surface area contributed by atoms with E-state index in [1.54, 1.807) is 0 Å². The Hall–Kier alpha value is -2.36. The van der Waals surface area contributed by atoms with E-state index in [1.165, 1.54) is 6.08 Å². The number of rotatable bonds is 4. The molecule has 4 heteroatoms. The molecular formula is C14H14N2O2. The van der Waals surface area contributed by atoms with Crippen LogP contribution in [0.2, 0.25) is 0 Å². The van der Waals surface area contributed by atoms with Gasteiger partial charge in [0.2, 0.25) is 11.8 Å². The molecule has 0 aliphatic rings. The molecule has 0 aliphatic carbocycles. The summed E-state index contributed by atoms with van der Waals surface area (Å²) < 4.78 is 5.58. The van der Waals surface area contributed by atoms with Gasteiger partial charge < -0.3 is 9.73 Å². The average Bonchev–Trinajstić information content (AvgIpc) is 2.78. The molecule has 0 bridgehead atoms. The molecule has 0 aliphatic heterocycles. The molecule has 0 atom stereocenters. The van der Waals surface area contributed by atoms with E-state index in [4.69, 9.17) is 4.42 Å². The first kappa shape index (κ1) is 12.1. The van der Waals surface area contributed by atoms with Crippen LogP contribution in [0.4, 0.5) is 0 Å². The molecule has 2 aromatic rings. The third-order valence-corrected chi connectivity index (χ3v) is 2.53. The van der Waals surface area contributed by atoms with Crippen molar-refractivity contribution < 1.29 is 9.21 Å². The molecule has 0 unspecified atom stereocenters. The third kappa shape index (κ3) is 2.66. The van der Waals surface area contributed by atoms with Gasteiger partial charge in [0, 0.05) is 5.56 Å². The van der Waals surface area contributed by atoms with Crippen molar-refractivity contribution in [1.82, 2.24) is 10.3 Å². The van der Waals surface area contributed by atoms with Crippen molar-refractivity contribution in [3.8, 4) is 11.5 Å². The maximum atomic E-state index is 11.1.